The van der Waals surface area contributed by atoms with Crippen molar-refractivity contribution in [2.75, 3.05) is 24.7 Å². The van der Waals surface area contributed by atoms with Crippen molar-refractivity contribution in [2.45, 2.75) is 32.9 Å². The molecule has 1 amide bonds. The van der Waals surface area contributed by atoms with E-state index in [1.165, 1.54) is 11.8 Å². The maximum absolute atomic E-state index is 12.3. The van der Waals surface area contributed by atoms with Crippen molar-refractivity contribution >= 4 is 34.4 Å². The average Bonchev–Trinajstić information content (AvgIpc) is 2.74. The van der Waals surface area contributed by atoms with E-state index < -0.39 is 5.60 Å². The summed E-state index contributed by atoms with van der Waals surface area (Å²) in [7, 11) is 0. The number of anilines is 1. The highest BCUT2D eigenvalue weighted by atomic mass is 32.2. The zero-order valence-corrected chi connectivity index (χ0v) is 15.7. The molecule has 0 saturated heterocycles. The Labute approximate surface area is 152 Å². The number of nitrogens with one attached hydrogen (secondary N) is 2. The van der Waals surface area contributed by atoms with Gasteiger partial charge < -0.3 is 15.0 Å². The summed E-state index contributed by atoms with van der Waals surface area (Å²) in [4.78, 5) is 18.4. The van der Waals surface area contributed by atoms with Gasteiger partial charge in [0.15, 0.2) is 11.4 Å². The minimum Gasteiger partial charge on any atom is -0.444 e. The predicted molar refractivity (Wildman–Crippen MR) is 101 cm³/mol. The highest BCUT2D eigenvalue weighted by Gasteiger charge is 2.24. The summed E-state index contributed by atoms with van der Waals surface area (Å²) in [6.45, 7) is 7.25. The Balaban J connectivity index is 2.18. The summed E-state index contributed by atoms with van der Waals surface area (Å²) >= 11 is 1.37. The van der Waals surface area contributed by atoms with Gasteiger partial charge in [-0.3, -0.25) is 5.32 Å². The number of ether oxygens (including phenoxy) is 1. The highest BCUT2D eigenvalue weighted by molar-refractivity contribution is 8.13. The third kappa shape index (κ3) is 5.57. The van der Waals surface area contributed by atoms with Gasteiger partial charge in [0.2, 0.25) is 0 Å². The summed E-state index contributed by atoms with van der Waals surface area (Å²) < 4.78 is 5.46. The van der Waals surface area contributed by atoms with Crippen LogP contribution in [-0.4, -0.2) is 41.1 Å². The first kappa shape index (κ1) is 18.9. The van der Waals surface area contributed by atoms with Crippen molar-refractivity contribution < 1.29 is 9.53 Å². The van der Waals surface area contributed by atoms with Crippen LogP contribution in [0.15, 0.2) is 23.2 Å². The van der Waals surface area contributed by atoms with Crippen molar-refractivity contribution in [1.82, 2.24) is 10.2 Å². The fourth-order valence-electron chi connectivity index (χ4n) is 2.32. The average molecular weight is 361 g/mol. The number of carbonyl (C=O) groups is 1. The van der Waals surface area contributed by atoms with E-state index in [1.807, 2.05) is 51.4 Å². The van der Waals surface area contributed by atoms with Crippen LogP contribution in [0.3, 0.4) is 0 Å². The lowest BCUT2D eigenvalue weighted by Gasteiger charge is -2.26. The molecule has 0 aliphatic carbocycles. The van der Waals surface area contributed by atoms with Gasteiger partial charge in [0.05, 0.1) is 12.2 Å². The predicted octanol–water partition coefficient (Wildman–Crippen LogP) is 3.27. The normalized spacial score (nSPS) is 14.7. The van der Waals surface area contributed by atoms with E-state index in [0.717, 1.165) is 16.9 Å². The summed E-state index contributed by atoms with van der Waals surface area (Å²) in [6, 6.07) is 5.73. The van der Waals surface area contributed by atoms with Gasteiger partial charge in [0.25, 0.3) is 0 Å². The maximum atomic E-state index is 12.3. The molecule has 25 heavy (non-hydrogen) atoms. The Morgan fingerprint density at radius 3 is 2.88 bits per heavy atom. The Morgan fingerprint density at radius 2 is 2.24 bits per heavy atom. The smallest absolute Gasteiger partial charge is 0.410 e. The second-order valence-corrected chi connectivity index (χ2v) is 7.32. The summed E-state index contributed by atoms with van der Waals surface area (Å²) in [6.07, 6.45) is 3.41. The van der Waals surface area contributed by atoms with Crippen molar-refractivity contribution in [3.05, 3.63) is 23.8 Å². The maximum Gasteiger partial charge on any atom is 0.410 e. The van der Waals surface area contributed by atoms with Crippen molar-refractivity contribution in [1.29, 1.82) is 5.26 Å². The lowest BCUT2D eigenvalue weighted by molar-refractivity contribution is 0.0245. The molecule has 134 valence electrons. The van der Waals surface area contributed by atoms with Crippen LogP contribution in [0.4, 0.5) is 16.2 Å². The molecule has 7 nitrogen and oxygen atoms in total. The van der Waals surface area contributed by atoms with Crippen LogP contribution in [0.25, 0.3) is 0 Å². The van der Waals surface area contributed by atoms with Crippen molar-refractivity contribution in [3.8, 4) is 6.19 Å². The number of hydrogen-bond acceptors (Lipinski definition) is 6. The van der Waals surface area contributed by atoms with Gasteiger partial charge in [-0.1, -0.05) is 17.8 Å². The number of nitrogens with zero attached hydrogens (tertiary/aromatic N) is 3. The molecule has 0 unspecified atom stereocenters. The standard InChI is InChI=1S/C17H23N5O2S/c1-17(2,3)24-16(23)22-8-7-19-14-9-13(6-5-12(14)10-22)21-15(25-4)20-11-18/h5-6,9,19H,7-8,10H2,1-4H3,(H,20,21). The van der Waals surface area contributed by atoms with E-state index >= 15 is 0 Å². The fourth-order valence-corrected chi connectivity index (χ4v) is 2.66. The molecule has 0 saturated carbocycles. The third-order valence-corrected chi connectivity index (χ3v) is 3.97. The van der Waals surface area contributed by atoms with E-state index in [2.05, 4.69) is 15.6 Å². The number of hydrogen-bond donors (Lipinski definition) is 2. The lowest BCUT2D eigenvalue weighted by atomic mass is 10.1. The molecule has 8 heteroatoms. The second-order valence-electron chi connectivity index (χ2n) is 6.53. The molecule has 0 fully saturated rings. The number of fused-ring (bicyclic) bond motifs is 1. The van der Waals surface area contributed by atoms with Crippen LogP contribution < -0.4 is 10.6 Å². The van der Waals surface area contributed by atoms with Crippen LogP contribution in [0, 0.1) is 11.5 Å². The molecule has 0 spiro atoms. The van der Waals surface area contributed by atoms with Gasteiger partial charge in [0, 0.05) is 18.8 Å². The topological polar surface area (TPSA) is 89.8 Å². The quantitative estimate of drug-likeness (QED) is 0.345. The monoisotopic (exact) mass is 361 g/mol. The minimum absolute atomic E-state index is 0.313. The largest absolute Gasteiger partial charge is 0.444 e. The molecule has 2 rings (SSSR count). The van der Waals surface area contributed by atoms with E-state index in [4.69, 9.17) is 10.00 Å². The van der Waals surface area contributed by atoms with E-state index in [1.54, 1.807) is 4.90 Å². The van der Waals surface area contributed by atoms with E-state index in [9.17, 15) is 4.79 Å². The van der Waals surface area contributed by atoms with Crippen LogP contribution in [0.2, 0.25) is 0 Å². The van der Waals surface area contributed by atoms with Crippen molar-refractivity contribution in [3.63, 3.8) is 0 Å². The zero-order valence-electron chi connectivity index (χ0n) is 14.9. The molecule has 0 aromatic heterocycles. The first-order valence-electron chi connectivity index (χ1n) is 7.95. The Hall–Kier alpha value is -2.40. The summed E-state index contributed by atoms with van der Waals surface area (Å²) in [5.74, 6) is 0. The number of rotatable bonds is 1. The Kier molecular flexibility index (Phi) is 6.15. The first-order valence-corrected chi connectivity index (χ1v) is 9.17. The molecular formula is C17H23N5O2S. The van der Waals surface area contributed by atoms with Gasteiger partial charge in [0.1, 0.15) is 5.60 Å². The van der Waals surface area contributed by atoms with Gasteiger partial charge in [-0.2, -0.15) is 5.26 Å². The lowest BCUT2D eigenvalue weighted by Crippen LogP contribution is -2.37. The van der Waals surface area contributed by atoms with Gasteiger partial charge in [-0.15, -0.1) is 0 Å². The van der Waals surface area contributed by atoms with Gasteiger partial charge in [-0.25, -0.2) is 9.79 Å². The molecule has 1 aliphatic rings. The molecule has 1 aromatic carbocycles. The molecule has 2 N–H and O–H groups in total. The highest BCUT2D eigenvalue weighted by Crippen LogP contribution is 2.27. The number of amidine groups is 1. The SMILES string of the molecule is CSC(=Nc1ccc2c(c1)NCCN(C(=O)OC(C)(C)C)C2)NC#N. The zero-order chi connectivity index (χ0) is 18.4. The Morgan fingerprint density at radius 1 is 1.48 bits per heavy atom. The Bertz CT molecular complexity index is 706. The summed E-state index contributed by atoms with van der Waals surface area (Å²) in [5, 5.41) is 15.1. The number of carbonyl (C=O) groups excluding carboxylic acids is 1. The molecule has 1 heterocycles. The van der Waals surface area contributed by atoms with Crippen LogP contribution >= 0.6 is 11.8 Å². The van der Waals surface area contributed by atoms with Crippen LogP contribution in [0.5, 0.6) is 0 Å². The molecule has 0 atom stereocenters. The number of aliphatic imine (C=N–C) groups is 1. The van der Waals surface area contributed by atoms with E-state index in [-0.39, 0.29) is 6.09 Å². The number of amides is 1. The molecule has 0 bridgehead atoms. The van der Waals surface area contributed by atoms with Gasteiger partial charge in [-0.05, 0) is 44.7 Å². The number of nitriles is 1. The third-order valence-electron chi connectivity index (χ3n) is 3.39. The fraction of sp³-hybridized carbons (Fsp3) is 0.471. The minimum atomic E-state index is -0.514. The molecule has 0 radical (unpaired) electrons. The first-order chi connectivity index (χ1) is 11.8. The van der Waals surface area contributed by atoms with E-state index in [0.29, 0.717) is 24.8 Å². The van der Waals surface area contributed by atoms with Crippen molar-refractivity contribution in [2.24, 2.45) is 4.99 Å². The van der Waals surface area contributed by atoms with Crippen LogP contribution in [0.1, 0.15) is 26.3 Å². The van der Waals surface area contributed by atoms with Gasteiger partial charge >= 0.3 is 6.09 Å². The van der Waals surface area contributed by atoms with Crippen LogP contribution in [-0.2, 0) is 11.3 Å². The number of benzene rings is 1. The number of thioether (sulfide) groups is 1. The molecular weight excluding hydrogens is 338 g/mol. The molecule has 1 aliphatic heterocycles. The molecule has 1 aromatic rings. The summed E-state index contributed by atoms with van der Waals surface area (Å²) in [5.41, 5.74) is 2.16. The second kappa shape index (κ2) is 8.12.